The molecule has 0 heterocycles. The Balaban J connectivity index is 3.34. The third-order valence-corrected chi connectivity index (χ3v) is 6.07. The molecule has 0 spiro atoms. The quantitative estimate of drug-likeness (QED) is 0.224. The van der Waals surface area contributed by atoms with Crippen molar-refractivity contribution in [2.24, 2.45) is 0 Å². The van der Waals surface area contributed by atoms with Gasteiger partial charge in [0.25, 0.3) is 5.91 Å². The lowest BCUT2D eigenvalue weighted by Gasteiger charge is -2.17. The van der Waals surface area contributed by atoms with Crippen molar-refractivity contribution in [2.75, 3.05) is 11.9 Å². The number of carbonyl (C=O) groups is 4. The molecule has 0 aliphatic rings. The van der Waals surface area contributed by atoms with Gasteiger partial charge >= 0.3 is 5.97 Å². The lowest BCUT2D eigenvalue weighted by molar-refractivity contribution is -0.122. The van der Waals surface area contributed by atoms with Crippen molar-refractivity contribution >= 4 is 97.2 Å². The molecule has 0 saturated carbocycles. The van der Waals surface area contributed by atoms with Gasteiger partial charge in [0.2, 0.25) is 11.8 Å². The normalized spacial score (nSPS) is 11.5. The molecule has 3 amide bonds. The predicted octanol–water partition coefficient (Wildman–Crippen LogP) is 1.34. The molecule has 1 atom stereocenters. The molecule has 1 aromatic carbocycles. The summed E-state index contributed by atoms with van der Waals surface area (Å²) in [5, 5.41) is 25.7. The first-order valence-electron chi connectivity index (χ1n) is 6.94. The van der Waals surface area contributed by atoms with Crippen molar-refractivity contribution in [1.82, 2.24) is 10.6 Å². The van der Waals surface area contributed by atoms with Crippen molar-refractivity contribution in [3.8, 4) is 0 Å². The number of rotatable bonds is 6. The van der Waals surface area contributed by atoms with E-state index in [0.717, 1.165) is 0 Å². The van der Waals surface area contributed by atoms with Crippen LogP contribution in [0.15, 0.2) is 0 Å². The minimum atomic E-state index is -1.25. The summed E-state index contributed by atoms with van der Waals surface area (Å²) in [6.07, 6.45) is -1.07. The van der Waals surface area contributed by atoms with Crippen LogP contribution in [0, 0.1) is 10.7 Å². The van der Waals surface area contributed by atoms with Crippen molar-refractivity contribution in [1.29, 1.82) is 0 Å². The zero-order chi connectivity index (χ0) is 20.2. The number of halogens is 3. The second kappa shape index (κ2) is 9.98. The Kier molecular flexibility index (Phi) is 8.94. The molecule has 9 nitrogen and oxygen atoms in total. The van der Waals surface area contributed by atoms with Crippen LogP contribution in [-0.4, -0.2) is 46.7 Å². The van der Waals surface area contributed by atoms with Gasteiger partial charge in [0.05, 0.1) is 30.5 Å². The maximum absolute atomic E-state index is 12.5. The zero-order valence-electron chi connectivity index (χ0n) is 13.4. The molecule has 0 fully saturated rings. The van der Waals surface area contributed by atoms with E-state index in [1.807, 2.05) is 22.6 Å². The maximum atomic E-state index is 12.5. The lowest BCUT2D eigenvalue weighted by Crippen LogP contribution is -2.41. The molecular weight excluding hydrogens is 687 g/mol. The van der Waals surface area contributed by atoms with E-state index in [2.05, 4.69) is 16.0 Å². The third kappa shape index (κ3) is 5.88. The number of hydrogen-bond acceptors (Lipinski definition) is 5. The molecule has 1 rings (SSSR count). The first kappa shape index (κ1) is 23.3. The predicted molar refractivity (Wildman–Crippen MR) is 118 cm³/mol. The van der Waals surface area contributed by atoms with Gasteiger partial charge in [0, 0.05) is 10.5 Å². The molecule has 0 radical (unpaired) electrons. The molecule has 1 aromatic rings. The molecule has 5 N–H and O–H groups in total. The van der Waals surface area contributed by atoms with Crippen LogP contribution in [0.1, 0.15) is 34.6 Å². The van der Waals surface area contributed by atoms with Gasteiger partial charge in [-0.15, -0.1) is 0 Å². The number of amides is 3. The van der Waals surface area contributed by atoms with Gasteiger partial charge in [0.1, 0.15) is 6.23 Å². The Morgan fingerprint density at radius 2 is 1.58 bits per heavy atom. The summed E-state index contributed by atoms with van der Waals surface area (Å²) in [6.45, 7) is 2.22. The first-order chi connectivity index (χ1) is 12.0. The largest absolute Gasteiger partial charge is 0.478 e. The molecular formula is C14H14I3N3O6. The van der Waals surface area contributed by atoms with Gasteiger partial charge in [-0.2, -0.15) is 0 Å². The second-order valence-corrected chi connectivity index (χ2v) is 8.22. The van der Waals surface area contributed by atoms with Gasteiger partial charge in [-0.25, -0.2) is 4.79 Å². The van der Waals surface area contributed by atoms with Crippen molar-refractivity contribution in [3.63, 3.8) is 0 Å². The number of carbonyl (C=O) groups excluding carboxylic acids is 3. The molecule has 0 aromatic heterocycles. The van der Waals surface area contributed by atoms with E-state index in [4.69, 9.17) is 5.11 Å². The average Bonchev–Trinajstić information content (AvgIpc) is 2.48. The fourth-order valence-electron chi connectivity index (χ4n) is 1.87. The van der Waals surface area contributed by atoms with Crippen LogP contribution in [0.3, 0.4) is 0 Å². The number of aromatic carboxylic acids is 1. The van der Waals surface area contributed by atoms with Crippen LogP contribution in [0.2, 0.25) is 0 Å². The Labute approximate surface area is 189 Å². The van der Waals surface area contributed by atoms with E-state index in [-0.39, 0.29) is 20.4 Å². The van der Waals surface area contributed by atoms with E-state index in [0.29, 0.717) is 7.14 Å². The number of anilines is 1. The summed E-state index contributed by atoms with van der Waals surface area (Å²) >= 11 is 5.38. The van der Waals surface area contributed by atoms with E-state index in [9.17, 15) is 24.3 Å². The highest BCUT2D eigenvalue weighted by Crippen LogP contribution is 2.35. The first-order valence-corrected chi connectivity index (χ1v) is 10.2. The average molecular weight is 701 g/mol. The lowest BCUT2D eigenvalue weighted by atomic mass is 10.1. The number of aliphatic hydroxyl groups excluding tert-OH is 1. The van der Waals surface area contributed by atoms with Crippen LogP contribution >= 0.6 is 67.8 Å². The SMILES string of the molecule is CC(=O)Nc1c(I)c(C(=O)O)c(I)c(C(=O)NCC(=O)NC(C)O)c1I. The monoisotopic (exact) mass is 701 g/mol. The van der Waals surface area contributed by atoms with Gasteiger partial charge in [0.15, 0.2) is 0 Å². The van der Waals surface area contributed by atoms with E-state index < -0.39 is 36.5 Å². The fraction of sp³-hybridized carbons (Fsp3) is 0.286. The standard InChI is InChI=1S/C14H14I3N3O6/c1-4(21)19-6(23)3-18-13(24)7-9(15)8(14(25)26)11(17)12(10(7)16)20-5(2)22/h4,21H,3H2,1-2H3,(H,18,24)(H,19,23)(H,20,22)(H,25,26). The summed E-state index contributed by atoms with van der Waals surface area (Å²) in [5.74, 6) is -2.95. The minimum absolute atomic E-state index is 0.0395. The topological polar surface area (TPSA) is 145 Å². The van der Waals surface area contributed by atoms with Gasteiger partial charge in [-0.3, -0.25) is 14.4 Å². The Hall–Kier alpha value is -0.750. The Morgan fingerprint density at radius 1 is 1.04 bits per heavy atom. The number of nitrogens with one attached hydrogen (secondary N) is 3. The number of carboxylic acids is 1. The maximum Gasteiger partial charge on any atom is 0.337 e. The second-order valence-electron chi connectivity index (χ2n) is 4.98. The van der Waals surface area contributed by atoms with Crippen molar-refractivity contribution in [2.45, 2.75) is 20.1 Å². The molecule has 142 valence electrons. The zero-order valence-corrected chi connectivity index (χ0v) is 19.9. The number of hydrogen-bond donors (Lipinski definition) is 5. The molecule has 26 heavy (non-hydrogen) atoms. The molecule has 0 saturated heterocycles. The highest BCUT2D eigenvalue weighted by molar-refractivity contribution is 14.1. The fourth-order valence-corrected chi connectivity index (χ4v) is 6.26. The highest BCUT2D eigenvalue weighted by atomic mass is 127. The smallest absolute Gasteiger partial charge is 0.337 e. The molecule has 0 bridgehead atoms. The van der Waals surface area contributed by atoms with E-state index in [1.165, 1.54) is 13.8 Å². The summed E-state index contributed by atoms with van der Waals surface area (Å²) in [6, 6.07) is 0. The van der Waals surface area contributed by atoms with E-state index >= 15 is 0 Å². The summed E-state index contributed by atoms with van der Waals surface area (Å²) in [5.41, 5.74) is 0.140. The molecule has 0 aliphatic heterocycles. The van der Waals surface area contributed by atoms with Crippen LogP contribution in [0.25, 0.3) is 0 Å². The van der Waals surface area contributed by atoms with Crippen LogP contribution < -0.4 is 16.0 Å². The number of carboxylic acid groups (broad SMARTS) is 1. The van der Waals surface area contributed by atoms with E-state index in [1.54, 1.807) is 45.2 Å². The number of aliphatic hydroxyl groups is 1. The minimum Gasteiger partial charge on any atom is -0.478 e. The summed E-state index contributed by atoms with van der Waals surface area (Å²) < 4.78 is 0.832. The van der Waals surface area contributed by atoms with Gasteiger partial charge < -0.3 is 26.2 Å². The molecule has 0 aliphatic carbocycles. The Bertz CT molecular complexity index is 782. The summed E-state index contributed by atoms with van der Waals surface area (Å²) in [7, 11) is 0. The highest BCUT2D eigenvalue weighted by Gasteiger charge is 2.28. The third-order valence-electron chi connectivity index (χ3n) is 2.84. The molecule has 12 heteroatoms. The van der Waals surface area contributed by atoms with Gasteiger partial charge in [-0.05, 0) is 74.7 Å². The molecule has 1 unspecified atom stereocenters. The van der Waals surface area contributed by atoms with Crippen molar-refractivity contribution in [3.05, 3.63) is 21.8 Å². The number of benzene rings is 1. The van der Waals surface area contributed by atoms with Crippen LogP contribution in [0.4, 0.5) is 5.69 Å². The van der Waals surface area contributed by atoms with Crippen molar-refractivity contribution < 1.29 is 29.4 Å². The van der Waals surface area contributed by atoms with Crippen LogP contribution in [-0.2, 0) is 9.59 Å². The van der Waals surface area contributed by atoms with Crippen LogP contribution in [0.5, 0.6) is 0 Å². The Morgan fingerprint density at radius 3 is 2.04 bits per heavy atom. The van der Waals surface area contributed by atoms with Gasteiger partial charge in [-0.1, -0.05) is 0 Å². The summed E-state index contributed by atoms with van der Waals surface area (Å²) in [4.78, 5) is 47.1.